The third-order valence-corrected chi connectivity index (χ3v) is 4.62. The van der Waals surface area contributed by atoms with Crippen LogP contribution in [0.4, 0.5) is 0 Å². The normalized spacial score (nSPS) is 14.2. The molecule has 4 rings (SSSR count). The van der Waals surface area contributed by atoms with Gasteiger partial charge in [-0.25, -0.2) is 4.52 Å². The number of rotatable bonds is 3. The molecule has 1 aliphatic rings. The quantitative estimate of drug-likeness (QED) is 0.677. The van der Waals surface area contributed by atoms with Crippen LogP contribution < -0.4 is 4.74 Å². The summed E-state index contributed by atoms with van der Waals surface area (Å²) >= 11 is 0. The largest absolute Gasteiger partial charge is 0.494 e. The minimum Gasteiger partial charge on any atom is -0.494 e. The summed E-state index contributed by atoms with van der Waals surface area (Å²) in [7, 11) is 1.58. The molecule has 0 unspecified atom stereocenters. The van der Waals surface area contributed by atoms with E-state index in [4.69, 9.17) is 10.00 Å². The second-order valence-electron chi connectivity index (χ2n) is 6.01. The summed E-state index contributed by atoms with van der Waals surface area (Å²) in [6, 6.07) is 4.24. The molecular weight excluding hydrogens is 318 g/mol. The molecule has 0 aliphatic carbocycles. The zero-order valence-electron chi connectivity index (χ0n) is 13.8. The van der Waals surface area contributed by atoms with Crippen LogP contribution in [0, 0.1) is 29.7 Å². The van der Waals surface area contributed by atoms with Crippen LogP contribution in [0.5, 0.6) is 5.75 Å². The van der Waals surface area contributed by atoms with E-state index >= 15 is 0 Å². The first-order valence-corrected chi connectivity index (χ1v) is 7.81. The van der Waals surface area contributed by atoms with Crippen LogP contribution in [-0.2, 0) is 0 Å². The van der Waals surface area contributed by atoms with E-state index in [9.17, 15) is 5.26 Å². The molecule has 0 aromatic carbocycles. The van der Waals surface area contributed by atoms with Crippen LogP contribution in [0.25, 0.3) is 16.6 Å². The van der Waals surface area contributed by atoms with Crippen molar-refractivity contribution in [2.75, 3.05) is 20.2 Å². The Balaban J connectivity index is 1.77. The lowest BCUT2D eigenvalue weighted by molar-refractivity contribution is 0.162. The number of hydrogen-bond acceptors (Lipinski definition) is 6. The van der Waals surface area contributed by atoms with Gasteiger partial charge in [0.05, 0.1) is 38.6 Å². The van der Waals surface area contributed by atoms with Crippen LogP contribution in [0.2, 0.25) is 0 Å². The second-order valence-corrected chi connectivity index (χ2v) is 6.01. The summed E-state index contributed by atoms with van der Waals surface area (Å²) in [5, 5.41) is 26.8. The second kappa shape index (κ2) is 5.53. The predicted molar refractivity (Wildman–Crippen MR) is 88.6 cm³/mol. The lowest BCUT2D eigenvalue weighted by Crippen LogP contribution is -2.45. The van der Waals surface area contributed by atoms with Gasteiger partial charge in [-0.05, 0) is 13.0 Å². The minimum absolute atomic E-state index is 0.217. The number of hydrogen-bond donors (Lipinski definition) is 0. The molecule has 8 heteroatoms. The Morgan fingerprint density at radius 3 is 2.72 bits per heavy atom. The number of nitrogens with zero attached hydrogens (tertiary/aromatic N) is 7. The van der Waals surface area contributed by atoms with Gasteiger partial charge < -0.3 is 9.64 Å². The molecule has 0 bridgehead atoms. The number of nitriles is 2. The Bertz CT molecular complexity index is 1040. The number of methoxy groups -OCH3 is 1. The molecule has 8 nitrogen and oxygen atoms in total. The van der Waals surface area contributed by atoms with Gasteiger partial charge in [0, 0.05) is 23.0 Å². The number of aromatic nitrogens is 4. The van der Waals surface area contributed by atoms with Gasteiger partial charge in [-0.3, -0.25) is 4.68 Å². The average Bonchev–Trinajstić information content (AvgIpc) is 3.17. The molecule has 3 aromatic heterocycles. The van der Waals surface area contributed by atoms with E-state index in [1.165, 1.54) is 6.20 Å². The van der Waals surface area contributed by atoms with Gasteiger partial charge in [0.2, 0.25) is 0 Å². The molecule has 124 valence electrons. The first-order chi connectivity index (χ1) is 12.2. The van der Waals surface area contributed by atoms with Crippen molar-refractivity contribution in [1.82, 2.24) is 24.3 Å². The maximum Gasteiger partial charge on any atom is 0.179 e. The molecular formula is C17H15N7O. The van der Waals surface area contributed by atoms with Gasteiger partial charge in [-0.1, -0.05) is 0 Å². The zero-order chi connectivity index (χ0) is 17.6. The summed E-state index contributed by atoms with van der Waals surface area (Å²) in [4.78, 5) is 1.70. The lowest BCUT2D eigenvalue weighted by Gasteiger charge is -2.35. The maximum atomic E-state index is 9.22. The summed E-state index contributed by atoms with van der Waals surface area (Å²) in [5.41, 5.74) is 4.04. The molecule has 0 spiro atoms. The van der Waals surface area contributed by atoms with Crippen molar-refractivity contribution in [1.29, 1.82) is 10.5 Å². The van der Waals surface area contributed by atoms with E-state index in [0.717, 1.165) is 16.8 Å². The fourth-order valence-corrected chi connectivity index (χ4v) is 3.24. The number of ether oxygens (including phenoxy) is 1. The fraction of sp³-hybridized carbons (Fsp3) is 0.294. The van der Waals surface area contributed by atoms with E-state index in [1.807, 2.05) is 30.1 Å². The van der Waals surface area contributed by atoms with Crippen LogP contribution >= 0.6 is 0 Å². The Morgan fingerprint density at radius 1 is 1.24 bits per heavy atom. The van der Waals surface area contributed by atoms with Crippen LogP contribution in [0.3, 0.4) is 0 Å². The minimum atomic E-state index is 0.217. The number of likely N-dealkylation sites (tertiary alicyclic amines) is 1. The van der Waals surface area contributed by atoms with Crippen LogP contribution in [0.1, 0.15) is 17.3 Å². The van der Waals surface area contributed by atoms with Crippen molar-refractivity contribution >= 4 is 5.52 Å². The Labute approximate surface area is 144 Å². The molecule has 0 saturated carbocycles. The van der Waals surface area contributed by atoms with Crippen LogP contribution in [0.15, 0.2) is 24.7 Å². The van der Waals surface area contributed by atoms with E-state index in [2.05, 4.69) is 22.5 Å². The van der Waals surface area contributed by atoms with E-state index in [1.54, 1.807) is 16.5 Å². The maximum absolute atomic E-state index is 9.22. The molecule has 4 heterocycles. The monoisotopic (exact) mass is 333 g/mol. The van der Waals surface area contributed by atoms with Crippen molar-refractivity contribution in [3.05, 3.63) is 35.9 Å². The van der Waals surface area contributed by atoms with E-state index < -0.39 is 0 Å². The Hall–Kier alpha value is -3.52. The van der Waals surface area contributed by atoms with Crippen molar-refractivity contribution < 1.29 is 4.74 Å². The summed E-state index contributed by atoms with van der Waals surface area (Å²) in [6.45, 7) is 3.38. The first-order valence-electron chi connectivity index (χ1n) is 7.81. The highest BCUT2D eigenvalue weighted by Gasteiger charge is 2.29. The fourth-order valence-electron chi connectivity index (χ4n) is 3.24. The van der Waals surface area contributed by atoms with Gasteiger partial charge in [-0.15, -0.1) is 0 Å². The Morgan fingerprint density at radius 2 is 2.04 bits per heavy atom. The summed E-state index contributed by atoms with van der Waals surface area (Å²) in [5.74, 6) is 0.595. The average molecular weight is 333 g/mol. The highest BCUT2D eigenvalue weighted by molar-refractivity contribution is 5.75. The van der Waals surface area contributed by atoms with E-state index in [-0.39, 0.29) is 6.04 Å². The topological polar surface area (TPSA) is 95.2 Å². The SMILES string of the molecule is COc1cc(-c2cnn(C3CN(C#N)C3)c2C)cn2ncc(C#N)c12. The highest BCUT2D eigenvalue weighted by Crippen LogP contribution is 2.32. The van der Waals surface area contributed by atoms with E-state index in [0.29, 0.717) is 29.9 Å². The number of pyridine rings is 1. The van der Waals surface area contributed by atoms with Gasteiger partial charge in [0.25, 0.3) is 0 Å². The smallest absolute Gasteiger partial charge is 0.179 e. The van der Waals surface area contributed by atoms with Crippen molar-refractivity contribution in [2.24, 2.45) is 0 Å². The highest BCUT2D eigenvalue weighted by atomic mass is 16.5. The first kappa shape index (κ1) is 15.0. The third kappa shape index (κ3) is 2.19. The van der Waals surface area contributed by atoms with Crippen LogP contribution in [-0.4, -0.2) is 44.5 Å². The number of fused-ring (bicyclic) bond motifs is 1. The molecule has 0 atom stereocenters. The molecule has 0 amide bonds. The molecule has 1 aliphatic heterocycles. The standard InChI is InChI=1S/C17H15N7O/c1-11-15(6-21-24(11)14-8-22(9-14)10-19)12-3-16(25-2)17-13(4-18)5-20-23(17)7-12/h3,5-7,14H,8-9H2,1-2H3. The zero-order valence-corrected chi connectivity index (χ0v) is 13.8. The summed E-state index contributed by atoms with van der Waals surface area (Å²) < 4.78 is 9.08. The summed E-state index contributed by atoms with van der Waals surface area (Å²) in [6.07, 6.45) is 7.36. The third-order valence-electron chi connectivity index (χ3n) is 4.62. The van der Waals surface area contributed by atoms with Gasteiger partial charge >= 0.3 is 0 Å². The van der Waals surface area contributed by atoms with Crippen molar-refractivity contribution in [3.8, 4) is 29.1 Å². The molecule has 3 aromatic rings. The van der Waals surface area contributed by atoms with Crippen molar-refractivity contribution in [3.63, 3.8) is 0 Å². The Kier molecular flexibility index (Phi) is 3.33. The van der Waals surface area contributed by atoms with Gasteiger partial charge in [-0.2, -0.15) is 20.7 Å². The van der Waals surface area contributed by atoms with Crippen molar-refractivity contribution in [2.45, 2.75) is 13.0 Å². The predicted octanol–water partition coefficient (Wildman–Crippen LogP) is 1.72. The van der Waals surface area contributed by atoms with Gasteiger partial charge in [0.1, 0.15) is 22.9 Å². The molecule has 0 N–H and O–H groups in total. The molecule has 25 heavy (non-hydrogen) atoms. The lowest BCUT2D eigenvalue weighted by atomic mass is 10.1. The van der Waals surface area contributed by atoms with Gasteiger partial charge in [0.15, 0.2) is 6.19 Å². The molecule has 0 radical (unpaired) electrons. The molecule has 1 fully saturated rings. The molecule has 1 saturated heterocycles.